The Labute approximate surface area is 224 Å². The Bertz CT molecular complexity index is 1090. The first-order valence-corrected chi connectivity index (χ1v) is 12.2. The van der Waals surface area contributed by atoms with Gasteiger partial charge in [-0.1, -0.05) is 6.07 Å². The Morgan fingerprint density at radius 1 is 1.05 bits per heavy atom. The van der Waals surface area contributed by atoms with E-state index < -0.39 is 18.1 Å². The summed E-state index contributed by atoms with van der Waals surface area (Å²) in [5.74, 6) is -2.04. The molecule has 2 aromatic rings. The highest BCUT2D eigenvalue weighted by Gasteiger charge is 2.38. The van der Waals surface area contributed by atoms with Crippen LogP contribution in [-0.2, 0) is 9.53 Å². The molecule has 1 aliphatic rings. The third-order valence-corrected chi connectivity index (χ3v) is 5.54. The number of aromatic carboxylic acids is 1. The second-order valence-corrected chi connectivity index (χ2v) is 8.24. The predicted octanol–water partition coefficient (Wildman–Crippen LogP) is 4.04. The Hall–Kier alpha value is -4.00. The Kier molecular flexibility index (Phi) is 12.3. The van der Waals surface area contributed by atoms with E-state index in [1.165, 1.54) is 0 Å². The van der Waals surface area contributed by atoms with Crippen LogP contribution in [0.2, 0.25) is 0 Å². The molecule has 0 amide bonds. The van der Waals surface area contributed by atoms with Crippen molar-refractivity contribution in [1.82, 2.24) is 4.90 Å². The van der Waals surface area contributed by atoms with E-state index in [9.17, 15) is 18.0 Å². The average molecular weight is 555 g/mol. The number of aliphatic imine (C=N–C) groups is 1. The molecule has 13 heteroatoms. The van der Waals surface area contributed by atoms with E-state index in [-0.39, 0.29) is 5.56 Å². The van der Waals surface area contributed by atoms with Crippen molar-refractivity contribution in [3.63, 3.8) is 0 Å². The van der Waals surface area contributed by atoms with E-state index in [0.29, 0.717) is 19.8 Å². The maximum Gasteiger partial charge on any atom is 0.490 e. The molecule has 2 aromatic carbocycles. The number of carboxylic acid groups (broad SMARTS) is 2. The zero-order valence-corrected chi connectivity index (χ0v) is 21.8. The number of halogens is 3. The number of nitrogens with zero attached hydrogens (tertiary/aromatic N) is 3. The molecule has 3 rings (SSSR count). The second kappa shape index (κ2) is 15.4. The number of benzene rings is 2. The maximum atomic E-state index is 11.1. The first-order valence-electron chi connectivity index (χ1n) is 12.2. The summed E-state index contributed by atoms with van der Waals surface area (Å²) in [5, 5.41) is 19.6. The molecule has 1 heterocycles. The average Bonchev–Trinajstić information content (AvgIpc) is 2.92. The molecule has 214 valence electrons. The predicted molar refractivity (Wildman–Crippen MR) is 141 cm³/mol. The lowest BCUT2D eigenvalue weighted by atomic mass is 10.2. The summed E-state index contributed by atoms with van der Waals surface area (Å²) in [6, 6.07) is 14.8. The summed E-state index contributed by atoms with van der Waals surface area (Å²) >= 11 is 0. The maximum absolute atomic E-state index is 11.1. The fourth-order valence-corrected chi connectivity index (χ4v) is 3.52. The van der Waals surface area contributed by atoms with Gasteiger partial charge in [-0.3, -0.25) is 4.99 Å². The van der Waals surface area contributed by atoms with Crippen molar-refractivity contribution in [2.24, 2.45) is 4.99 Å². The van der Waals surface area contributed by atoms with Gasteiger partial charge in [-0.2, -0.15) is 13.2 Å². The number of carboxylic acids is 2. The van der Waals surface area contributed by atoms with Gasteiger partial charge in [0.25, 0.3) is 0 Å². The molecule has 0 aromatic heterocycles. The largest absolute Gasteiger partial charge is 0.497 e. The summed E-state index contributed by atoms with van der Waals surface area (Å²) in [4.78, 5) is 29.4. The fourth-order valence-electron chi connectivity index (χ4n) is 3.52. The Morgan fingerprint density at radius 2 is 1.69 bits per heavy atom. The number of hydrogen-bond donors (Lipinski definition) is 3. The molecular weight excluding hydrogens is 521 g/mol. The number of guanidine groups is 1. The van der Waals surface area contributed by atoms with Gasteiger partial charge in [0.1, 0.15) is 5.75 Å². The number of rotatable bonds is 9. The summed E-state index contributed by atoms with van der Waals surface area (Å²) in [6.07, 6.45) is -4.24. The van der Waals surface area contributed by atoms with Gasteiger partial charge in [-0.15, -0.1) is 0 Å². The smallest absolute Gasteiger partial charge is 0.490 e. The summed E-state index contributed by atoms with van der Waals surface area (Å²) < 4.78 is 42.5. The number of piperazine rings is 1. The van der Waals surface area contributed by atoms with Gasteiger partial charge in [0.2, 0.25) is 0 Å². The SMILES string of the molecule is CCOCCCN=C(Nc1ccc(C(=O)O)cc1)N1CCN(c2cccc(OC)c2)CC1.O=C(O)C(F)(F)F. The fraction of sp³-hybridized carbons (Fsp3) is 0.423. The molecule has 1 saturated heterocycles. The molecule has 0 radical (unpaired) electrons. The van der Waals surface area contributed by atoms with Crippen LogP contribution in [0.1, 0.15) is 23.7 Å². The van der Waals surface area contributed by atoms with Crippen molar-refractivity contribution in [1.29, 1.82) is 0 Å². The van der Waals surface area contributed by atoms with E-state index in [1.807, 2.05) is 19.1 Å². The number of nitrogens with one attached hydrogen (secondary N) is 1. The van der Waals surface area contributed by atoms with Crippen molar-refractivity contribution < 1.29 is 42.4 Å². The molecule has 39 heavy (non-hydrogen) atoms. The topological polar surface area (TPSA) is 124 Å². The number of hydrogen-bond acceptors (Lipinski definition) is 6. The van der Waals surface area contributed by atoms with Crippen LogP contribution in [0.3, 0.4) is 0 Å². The lowest BCUT2D eigenvalue weighted by molar-refractivity contribution is -0.192. The molecule has 0 atom stereocenters. The molecule has 1 aliphatic heterocycles. The molecule has 10 nitrogen and oxygen atoms in total. The minimum Gasteiger partial charge on any atom is -0.497 e. The van der Waals surface area contributed by atoms with Crippen LogP contribution in [-0.4, -0.2) is 92.2 Å². The van der Waals surface area contributed by atoms with E-state index >= 15 is 0 Å². The van der Waals surface area contributed by atoms with Crippen molar-refractivity contribution in [2.75, 3.05) is 63.3 Å². The highest BCUT2D eigenvalue weighted by Crippen LogP contribution is 2.22. The normalized spacial score (nSPS) is 13.8. The van der Waals surface area contributed by atoms with Crippen molar-refractivity contribution in [3.8, 4) is 5.75 Å². The first-order chi connectivity index (χ1) is 18.5. The molecule has 0 unspecified atom stereocenters. The quantitative estimate of drug-likeness (QED) is 0.239. The van der Waals surface area contributed by atoms with E-state index in [1.54, 1.807) is 31.4 Å². The monoisotopic (exact) mass is 554 g/mol. The van der Waals surface area contributed by atoms with Crippen LogP contribution in [0.25, 0.3) is 0 Å². The zero-order valence-electron chi connectivity index (χ0n) is 21.8. The summed E-state index contributed by atoms with van der Waals surface area (Å²) in [7, 11) is 1.68. The third-order valence-electron chi connectivity index (χ3n) is 5.54. The standard InChI is InChI=1S/C24H32N4O4.C2HF3O2/c1-3-32-17-5-12-25-24(26-20-10-8-19(9-11-20)23(29)30)28-15-13-27(14-16-28)21-6-4-7-22(18-21)31-2;3-2(4,5)1(6)7/h4,6-11,18H,3,5,12-17H2,1-2H3,(H,25,26)(H,29,30);(H,6,7). The van der Waals surface area contributed by atoms with Crippen LogP contribution in [0.4, 0.5) is 24.5 Å². The van der Waals surface area contributed by atoms with Gasteiger partial charge in [0.15, 0.2) is 5.96 Å². The molecule has 0 bridgehead atoms. The molecule has 3 N–H and O–H groups in total. The highest BCUT2D eigenvalue weighted by atomic mass is 19.4. The van der Waals surface area contributed by atoms with Gasteiger partial charge >= 0.3 is 18.1 Å². The van der Waals surface area contributed by atoms with Gasteiger partial charge < -0.3 is 34.8 Å². The van der Waals surface area contributed by atoms with Crippen LogP contribution in [0.5, 0.6) is 5.75 Å². The summed E-state index contributed by atoms with van der Waals surface area (Å²) in [5.41, 5.74) is 2.22. The minimum absolute atomic E-state index is 0.262. The van der Waals surface area contributed by atoms with Crippen LogP contribution in [0, 0.1) is 0 Å². The molecule has 1 fully saturated rings. The number of anilines is 2. The third kappa shape index (κ3) is 10.7. The number of aliphatic carboxylic acids is 1. The lowest BCUT2D eigenvalue weighted by Crippen LogP contribution is -2.50. The number of alkyl halides is 3. The highest BCUT2D eigenvalue weighted by molar-refractivity contribution is 5.95. The Morgan fingerprint density at radius 3 is 2.23 bits per heavy atom. The van der Waals surface area contributed by atoms with Crippen molar-refractivity contribution in [3.05, 3.63) is 54.1 Å². The van der Waals surface area contributed by atoms with E-state index in [2.05, 4.69) is 27.2 Å². The summed E-state index contributed by atoms with van der Waals surface area (Å²) in [6.45, 7) is 7.41. The molecule has 0 spiro atoms. The second-order valence-electron chi connectivity index (χ2n) is 8.24. The van der Waals surface area contributed by atoms with Crippen molar-refractivity contribution >= 4 is 29.3 Å². The number of methoxy groups -OCH3 is 1. The first kappa shape index (κ1) is 31.2. The Balaban J connectivity index is 0.000000673. The van der Waals surface area contributed by atoms with Gasteiger partial charge in [0.05, 0.1) is 12.7 Å². The lowest BCUT2D eigenvalue weighted by Gasteiger charge is -2.38. The minimum atomic E-state index is -5.08. The van der Waals surface area contributed by atoms with Gasteiger partial charge in [-0.25, -0.2) is 9.59 Å². The number of ether oxygens (including phenoxy) is 2. The van der Waals surface area contributed by atoms with Crippen LogP contribution in [0.15, 0.2) is 53.5 Å². The van der Waals surface area contributed by atoms with Crippen molar-refractivity contribution in [2.45, 2.75) is 19.5 Å². The van der Waals surface area contributed by atoms with Gasteiger partial charge in [-0.05, 0) is 49.7 Å². The number of carbonyl (C=O) groups is 2. The van der Waals surface area contributed by atoms with E-state index in [0.717, 1.165) is 55.7 Å². The van der Waals surface area contributed by atoms with Crippen LogP contribution < -0.4 is 15.0 Å². The molecular formula is C26H33F3N4O6. The van der Waals surface area contributed by atoms with Crippen LogP contribution >= 0.6 is 0 Å². The zero-order chi connectivity index (χ0) is 28.8. The van der Waals surface area contributed by atoms with Gasteiger partial charge in [0, 0.05) is 63.4 Å². The molecule has 0 saturated carbocycles. The van der Waals surface area contributed by atoms with E-state index in [4.69, 9.17) is 29.5 Å². The molecule has 0 aliphatic carbocycles.